The van der Waals surface area contributed by atoms with Crippen molar-refractivity contribution >= 4 is 63.7 Å². The minimum atomic E-state index is -3.61. The van der Waals surface area contributed by atoms with Gasteiger partial charge in [-0.2, -0.15) is 13.9 Å². The van der Waals surface area contributed by atoms with Crippen LogP contribution < -0.4 is 15.8 Å². The van der Waals surface area contributed by atoms with Crippen LogP contribution >= 0.6 is 35.3 Å². The van der Waals surface area contributed by atoms with Gasteiger partial charge in [0.2, 0.25) is 5.91 Å². The summed E-state index contributed by atoms with van der Waals surface area (Å²) >= 11 is 9.59. The van der Waals surface area contributed by atoms with E-state index in [9.17, 15) is 31.1 Å². The minimum absolute atomic E-state index is 0.0553. The quantitative estimate of drug-likeness (QED) is 0.0658. The van der Waals surface area contributed by atoms with Crippen LogP contribution in [-0.2, 0) is 17.8 Å². The molecule has 0 spiro atoms. The normalized spacial score (nSPS) is 20.3. The fraction of sp³-hybridized carbons (Fsp3) is 0.415. The molecule has 3 fully saturated rings. The van der Waals surface area contributed by atoms with Gasteiger partial charge < -0.3 is 15.8 Å². The third kappa shape index (κ3) is 9.37. The number of carbonyl (C=O) groups excluding carboxylic acids is 1. The second kappa shape index (κ2) is 17.1. The first-order valence-electron chi connectivity index (χ1n) is 18.8. The highest BCUT2D eigenvalue weighted by Gasteiger charge is 2.67. The van der Waals surface area contributed by atoms with Crippen LogP contribution in [0.15, 0.2) is 58.7 Å². The van der Waals surface area contributed by atoms with Gasteiger partial charge in [-0.05, 0) is 105 Å². The van der Waals surface area contributed by atoms with Gasteiger partial charge in [-0.1, -0.05) is 23.6 Å². The summed E-state index contributed by atoms with van der Waals surface area (Å²) in [5.41, 5.74) is 4.13. The van der Waals surface area contributed by atoms with Crippen molar-refractivity contribution in [2.45, 2.75) is 80.9 Å². The van der Waals surface area contributed by atoms with Gasteiger partial charge in [0.1, 0.15) is 36.1 Å². The molecule has 2 aromatic carbocycles. The Morgan fingerprint density at radius 2 is 1.80 bits per heavy atom. The largest absolute Gasteiger partial charge is 0.397 e. The van der Waals surface area contributed by atoms with Crippen LogP contribution in [-0.4, -0.2) is 68.0 Å². The lowest BCUT2D eigenvalue weighted by atomic mass is 9.93. The summed E-state index contributed by atoms with van der Waals surface area (Å²) in [7, 11) is 0. The molecule has 0 radical (unpaired) electrons. The summed E-state index contributed by atoms with van der Waals surface area (Å²) in [5, 5.41) is 8.00. The maximum Gasteiger partial charge on any atom is 0.292 e. The van der Waals surface area contributed by atoms with Gasteiger partial charge in [-0.3, -0.25) is 14.5 Å². The maximum atomic E-state index is 15.3. The van der Waals surface area contributed by atoms with Crippen LogP contribution in [0.4, 0.5) is 40.9 Å². The van der Waals surface area contributed by atoms with Crippen molar-refractivity contribution in [1.29, 1.82) is 0 Å². The van der Waals surface area contributed by atoms with Crippen LogP contribution in [0.25, 0.3) is 22.0 Å². The monoisotopic (exact) mass is 895 g/mol. The second-order valence-corrected chi connectivity index (χ2v) is 18.2. The number of aromatic nitrogens is 3. The molecule has 60 heavy (non-hydrogen) atoms. The van der Waals surface area contributed by atoms with E-state index < -0.39 is 89.0 Å². The number of pyridine rings is 1. The zero-order chi connectivity index (χ0) is 43.3. The van der Waals surface area contributed by atoms with Crippen molar-refractivity contribution in [3.63, 3.8) is 0 Å². The van der Waals surface area contributed by atoms with Gasteiger partial charge in [-0.25, -0.2) is 31.3 Å². The molecule has 3 aliphatic rings. The number of benzene rings is 2. The van der Waals surface area contributed by atoms with Crippen LogP contribution in [0.5, 0.6) is 0 Å². The van der Waals surface area contributed by atoms with Crippen LogP contribution in [0.1, 0.15) is 56.1 Å². The Morgan fingerprint density at radius 3 is 2.45 bits per heavy atom. The molecule has 3 saturated carbocycles. The van der Waals surface area contributed by atoms with Gasteiger partial charge >= 0.3 is 0 Å². The van der Waals surface area contributed by atoms with E-state index in [1.54, 1.807) is 24.3 Å². The van der Waals surface area contributed by atoms with Crippen LogP contribution in [0, 0.1) is 35.3 Å². The highest BCUT2D eigenvalue weighted by atomic mass is 35.5. The van der Waals surface area contributed by atoms with Crippen molar-refractivity contribution in [3.05, 3.63) is 87.3 Å². The van der Waals surface area contributed by atoms with E-state index in [0.29, 0.717) is 22.3 Å². The molecular weight excluding hydrogens is 858 g/mol. The van der Waals surface area contributed by atoms with Crippen molar-refractivity contribution in [2.24, 2.45) is 22.6 Å². The molecule has 0 saturated heterocycles. The first-order valence-corrected chi connectivity index (χ1v) is 21.3. The number of nitrogens with two attached hydrogens (primary N) is 1. The van der Waals surface area contributed by atoms with E-state index in [4.69, 9.17) is 22.3 Å². The zero-order valence-electron chi connectivity index (χ0n) is 32.2. The number of allylic oxidation sites excluding steroid dienone is 2. The molecule has 2 aromatic heterocycles. The van der Waals surface area contributed by atoms with Crippen LogP contribution in [0.3, 0.4) is 0 Å². The third-order valence-electron chi connectivity index (χ3n) is 10.4. The summed E-state index contributed by atoms with van der Waals surface area (Å²) in [6.45, 7) is 1.99. The van der Waals surface area contributed by atoms with Crippen molar-refractivity contribution in [3.8, 4) is 23.0 Å². The molecule has 19 heteroatoms. The molecule has 2 heterocycles. The number of anilines is 1. The highest BCUT2D eigenvalue weighted by Crippen LogP contribution is 2.62. The molecule has 318 valence electrons. The van der Waals surface area contributed by atoms with E-state index in [1.807, 2.05) is 20.1 Å². The molecule has 3 atom stereocenters. The number of nitrogens with one attached hydrogen (secondary N) is 2. The number of nitrogens with zero attached hydrogens (tertiary/aromatic N) is 4. The lowest BCUT2D eigenvalue weighted by molar-refractivity contribution is -0.120. The van der Waals surface area contributed by atoms with Crippen molar-refractivity contribution in [2.75, 3.05) is 17.5 Å². The fourth-order valence-electron chi connectivity index (χ4n) is 7.14. The van der Waals surface area contributed by atoms with E-state index in [0.717, 1.165) is 29.7 Å². The number of carbonyl (C=O) groups is 1. The molecule has 4 N–H and O–H groups in total. The molecule has 7 rings (SSSR count). The number of fused-ring (bicyclic) bond motifs is 2. The maximum absolute atomic E-state index is 15.3. The Bertz CT molecular complexity index is 2440. The van der Waals surface area contributed by atoms with Crippen molar-refractivity contribution in [1.82, 2.24) is 20.1 Å². The Morgan fingerprint density at radius 1 is 1.10 bits per heavy atom. The predicted octanol–water partition coefficient (Wildman–Crippen LogP) is 9.61. The van der Waals surface area contributed by atoms with Crippen LogP contribution in [0.2, 0.25) is 5.02 Å². The standard InChI is InChI=1S/C41H38ClF8N7OS2/c1-40(2,59-3)11-10-22-4-7-24(25-8-9-28(42)33-36(25)57(18-30(45)46)55-39(33)56-60-23-5-6-23)35(53-22)29(14-19-12-20(43)15-21(44)13-19)54-31(58)17-52-37-32(34(51)38(47)48)26-16-27(26)41(37,49)50/h4,7-9,12-13,15,23,26-27,29-30,38H,5-6,14,16-18,51H2,1-3H3,(H,54,58)(H,55,56). The summed E-state index contributed by atoms with van der Waals surface area (Å²) in [6, 6.07) is 7.73. The first kappa shape index (κ1) is 43.6. The average molecular weight is 896 g/mol. The number of hydrogen-bond acceptors (Lipinski definition) is 8. The third-order valence-corrected chi connectivity index (χ3v) is 12.9. The Kier molecular flexibility index (Phi) is 12.4. The molecule has 0 bridgehead atoms. The molecule has 1 amide bonds. The van der Waals surface area contributed by atoms with E-state index in [2.05, 4.69) is 32.0 Å². The number of alkyl halides is 6. The lowest BCUT2D eigenvalue weighted by Gasteiger charge is -2.23. The average Bonchev–Trinajstić information content (AvgIpc) is 4.11. The molecule has 3 unspecified atom stereocenters. The molecule has 3 aliphatic carbocycles. The SMILES string of the molecule is CSC(C)(C)C#Cc1ccc(-c2ccc(Cl)c3c(NSC4CC4)nn(CC(F)F)c23)c(C(Cc2cc(F)cc(F)c2)NC(=O)CN=C2C(=C(N)C(F)F)C3CC3C2(F)F)n1. The Hall–Kier alpha value is -4.47. The number of aliphatic imine (C=N–C) groups is 1. The first-order chi connectivity index (χ1) is 28.4. The van der Waals surface area contributed by atoms with E-state index >= 15 is 8.78 Å². The zero-order valence-corrected chi connectivity index (χ0v) is 34.6. The molecule has 0 aliphatic heterocycles. The van der Waals surface area contributed by atoms with E-state index in [1.165, 1.54) is 23.7 Å². The summed E-state index contributed by atoms with van der Waals surface area (Å²) < 4.78 is 119. The topological polar surface area (TPSA) is 110 Å². The van der Waals surface area contributed by atoms with Crippen molar-refractivity contribution < 1.29 is 39.9 Å². The number of rotatable bonds is 14. The number of halogens is 9. The van der Waals surface area contributed by atoms with Gasteiger partial charge in [0.05, 0.1) is 38.1 Å². The van der Waals surface area contributed by atoms with Gasteiger partial charge in [0, 0.05) is 33.9 Å². The number of hydrogen-bond donors (Lipinski definition) is 3. The highest BCUT2D eigenvalue weighted by molar-refractivity contribution is 8.01. The summed E-state index contributed by atoms with van der Waals surface area (Å²) in [5.74, 6) is -2.24. The summed E-state index contributed by atoms with van der Waals surface area (Å²) in [4.78, 5) is 22.5. The van der Waals surface area contributed by atoms with E-state index in [-0.39, 0.29) is 51.7 Å². The summed E-state index contributed by atoms with van der Waals surface area (Å²) in [6.07, 6.45) is -2.65. The predicted molar refractivity (Wildman–Crippen MR) is 220 cm³/mol. The smallest absolute Gasteiger partial charge is 0.292 e. The van der Waals surface area contributed by atoms with Gasteiger partial charge in [0.25, 0.3) is 18.8 Å². The molecule has 8 nitrogen and oxygen atoms in total. The number of thioether (sulfide) groups is 1. The molecule has 4 aromatic rings. The second-order valence-electron chi connectivity index (χ2n) is 15.3. The van der Waals surface area contributed by atoms with Gasteiger partial charge in [-0.15, -0.1) is 11.8 Å². The molecular formula is C41H38ClF8N7OS2. The Labute approximate surface area is 353 Å². The fourth-order valence-corrected chi connectivity index (χ4v) is 8.32. The van der Waals surface area contributed by atoms with Gasteiger partial charge in [0.15, 0.2) is 5.82 Å². The minimum Gasteiger partial charge on any atom is -0.397 e. The lowest BCUT2D eigenvalue weighted by Crippen LogP contribution is -2.35. The number of amides is 1. The Balaban J connectivity index is 1.38.